The van der Waals surface area contributed by atoms with E-state index in [4.69, 9.17) is 18.6 Å². The Kier molecular flexibility index (Phi) is 8.66. The normalized spacial score (nSPS) is 21.5. The van der Waals surface area contributed by atoms with Crippen molar-refractivity contribution in [1.29, 1.82) is 0 Å². The zero-order valence-corrected chi connectivity index (χ0v) is 23.1. The first-order chi connectivity index (χ1) is 18.3. The summed E-state index contributed by atoms with van der Waals surface area (Å²) in [6, 6.07) is 28.3. The van der Waals surface area contributed by atoms with Gasteiger partial charge in [0.05, 0.1) is 18.3 Å². The van der Waals surface area contributed by atoms with Gasteiger partial charge < -0.3 is 18.6 Å². The molecular weight excluding hydrogens is 498 g/mol. The first-order valence-electron chi connectivity index (χ1n) is 12.6. The summed E-state index contributed by atoms with van der Waals surface area (Å²) in [5.74, 6) is -0.548. The molecule has 1 saturated heterocycles. The highest BCUT2D eigenvalue weighted by molar-refractivity contribution is 6.99. The second kappa shape index (κ2) is 11.9. The molecule has 3 aromatic rings. The summed E-state index contributed by atoms with van der Waals surface area (Å²) in [5.41, 5.74) is 9.76. The minimum Gasteiger partial charge on any atom is -0.453 e. The molecule has 3 aromatic carbocycles. The van der Waals surface area contributed by atoms with Gasteiger partial charge in [-0.1, -0.05) is 105 Å². The van der Waals surface area contributed by atoms with Crippen molar-refractivity contribution in [2.45, 2.75) is 50.3 Å². The number of carbonyl (C=O) groups is 1. The maximum absolute atomic E-state index is 12.8. The van der Waals surface area contributed by atoms with Crippen LogP contribution in [0, 0.1) is 0 Å². The zero-order valence-electron chi connectivity index (χ0n) is 22.1. The molecule has 4 rings (SSSR count). The fraction of sp³-hybridized carbons (Fsp3) is 0.345. The molecule has 0 radical (unpaired) electrons. The Labute approximate surface area is 224 Å². The van der Waals surface area contributed by atoms with Crippen molar-refractivity contribution in [1.82, 2.24) is 0 Å². The topological polar surface area (TPSA) is 103 Å². The average molecular weight is 532 g/mol. The van der Waals surface area contributed by atoms with Gasteiger partial charge in [0.25, 0.3) is 8.32 Å². The molecule has 8 nitrogen and oxygen atoms in total. The molecule has 4 atom stereocenters. The molecule has 0 aliphatic carbocycles. The van der Waals surface area contributed by atoms with Gasteiger partial charge in [-0.25, -0.2) is 4.79 Å². The van der Waals surface area contributed by atoms with E-state index in [0.29, 0.717) is 5.56 Å². The lowest BCUT2D eigenvalue weighted by Gasteiger charge is -2.43. The number of hydrogen-bond acceptors (Lipinski definition) is 6. The van der Waals surface area contributed by atoms with Crippen LogP contribution in [0.25, 0.3) is 10.4 Å². The number of nitrogens with zero attached hydrogens (tertiary/aromatic N) is 3. The summed E-state index contributed by atoms with van der Waals surface area (Å²) in [6.07, 6.45) is -2.53. The Balaban J connectivity index is 1.67. The fourth-order valence-electron chi connectivity index (χ4n) is 5.09. The molecule has 0 aromatic heterocycles. The smallest absolute Gasteiger partial charge is 0.338 e. The number of ether oxygens (including phenoxy) is 3. The van der Waals surface area contributed by atoms with Crippen LogP contribution in [0.15, 0.2) is 96.1 Å². The van der Waals surface area contributed by atoms with Crippen LogP contribution in [0.4, 0.5) is 0 Å². The van der Waals surface area contributed by atoms with E-state index >= 15 is 0 Å². The number of benzene rings is 3. The summed E-state index contributed by atoms with van der Waals surface area (Å²) in [7, 11) is -1.41. The van der Waals surface area contributed by atoms with Gasteiger partial charge in [-0.05, 0) is 33.1 Å². The maximum atomic E-state index is 12.8. The lowest BCUT2D eigenvalue weighted by atomic mass is 10.1. The minimum absolute atomic E-state index is 0.121. The third-order valence-electron chi connectivity index (χ3n) is 6.85. The molecule has 1 aliphatic rings. The van der Waals surface area contributed by atoms with Crippen molar-refractivity contribution in [2.24, 2.45) is 5.11 Å². The monoisotopic (exact) mass is 531 g/mol. The SMILES string of the molecule is COC1O[C@H](CO[Si](c2ccccc2)(c2ccccc2)C(C)(C)C)[C@H](N=[N+]=[N-])[C@@H]1OC(=O)c1ccccc1. The highest BCUT2D eigenvalue weighted by Crippen LogP contribution is 2.38. The first kappa shape index (κ1) is 27.6. The number of rotatable bonds is 9. The Morgan fingerprint density at radius 3 is 1.95 bits per heavy atom. The Morgan fingerprint density at radius 1 is 0.947 bits per heavy atom. The van der Waals surface area contributed by atoms with E-state index in [0.717, 1.165) is 10.4 Å². The van der Waals surface area contributed by atoms with Crippen molar-refractivity contribution in [2.75, 3.05) is 13.7 Å². The van der Waals surface area contributed by atoms with Crippen molar-refractivity contribution in [3.63, 3.8) is 0 Å². The van der Waals surface area contributed by atoms with Gasteiger partial charge >= 0.3 is 5.97 Å². The van der Waals surface area contributed by atoms with Crippen molar-refractivity contribution in [3.05, 3.63) is 107 Å². The molecule has 1 unspecified atom stereocenters. The summed E-state index contributed by atoms with van der Waals surface area (Å²) >= 11 is 0. The number of esters is 1. The van der Waals surface area contributed by atoms with Crippen molar-refractivity contribution in [3.8, 4) is 0 Å². The second-order valence-corrected chi connectivity index (χ2v) is 14.5. The Hall–Kier alpha value is -3.46. The number of carbonyl (C=O) groups excluding carboxylic acids is 1. The zero-order chi connectivity index (χ0) is 27.2. The van der Waals surface area contributed by atoms with Crippen molar-refractivity contribution >= 4 is 24.7 Å². The molecule has 38 heavy (non-hydrogen) atoms. The van der Waals surface area contributed by atoms with E-state index in [1.165, 1.54) is 7.11 Å². The van der Waals surface area contributed by atoms with E-state index in [-0.39, 0.29) is 11.6 Å². The van der Waals surface area contributed by atoms with Crippen LogP contribution < -0.4 is 10.4 Å². The Bertz CT molecular complexity index is 1210. The van der Waals surface area contributed by atoms with E-state index in [9.17, 15) is 10.3 Å². The predicted octanol–water partition coefficient (Wildman–Crippen LogP) is 4.84. The van der Waals surface area contributed by atoms with Crippen LogP contribution >= 0.6 is 0 Å². The van der Waals surface area contributed by atoms with Crippen LogP contribution in [0.1, 0.15) is 31.1 Å². The average Bonchev–Trinajstić information content (AvgIpc) is 3.26. The van der Waals surface area contributed by atoms with Crippen LogP contribution in [-0.2, 0) is 18.6 Å². The van der Waals surface area contributed by atoms with E-state index < -0.39 is 38.8 Å². The number of methoxy groups -OCH3 is 1. The fourth-order valence-corrected chi connectivity index (χ4v) is 9.66. The van der Waals surface area contributed by atoms with Gasteiger partial charge in [0.2, 0.25) is 0 Å². The summed E-state index contributed by atoms with van der Waals surface area (Å²) < 4.78 is 24.4. The molecule has 9 heteroatoms. The molecule has 0 spiro atoms. The van der Waals surface area contributed by atoms with E-state index in [1.54, 1.807) is 24.3 Å². The molecule has 1 heterocycles. The summed E-state index contributed by atoms with van der Waals surface area (Å²) in [4.78, 5) is 15.9. The van der Waals surface area contributed by atoms with Gasteiger partial charge in [-0.2, -0.15) is 0 Å². The van der Waals surface area contributed by atoms with Crippen LogP contribution in [0.2, 0.25) is 5.04 Å². The van der Waals surface area contributed by atoms with Crippen LogP contribution in [0.3, 0.4) is 0 Å². The highest BCUT2D eigenvalue weighted by Gasteiger charge is 2.53. The molecule has 0 saturated carbocycles. The molecule has 0 amide bonds. The summed E-state index contributed by atoms with van der Waals surface area (Å²) in [6.45, 7) is 6.67. The third-order valence-corrected chi connectivity index (χ3v) is 11.9. The molecule has 198 valence electrons. The summed E-state index contributed by atoms with van der Waals surface area (Å²) in [5, 5.41) is 5.96. The largest absolute Gasteiger partial charge is 0.453 e. The first-order valence-corrected chi connectivity index (χ1v) is 14.5. The predicted molar refractivity (Wildman–Crippen MR) is 148 cm³/mol. The molecule has 0 bridgehead atoms. The van der Waals surface area contributed by atoms with Crippen LogP contribution in [-0.4, -0.2) is 52.5 Å². The minimum atomic E-state index is -2.87. The maximum Gasteiger partial charge on any atom is 0.338 e. The Morgan fingerprint density at radius 2 is 1.47 bits per heavy atom. The van der Waals surface area contributed by atoms with Crippen molar-refractivity contribution < 1.29 is 23.4 Å². The third kappa shape index (κ3) is 5.52. The number of hydrogen-bond donors (Lipinski definition) is 0. The lowest BCUT2D eigenvalue weighted by molar-refractivity contribution is -0.153. The molecule has 1 fully saturated rings. The molecule has 1 aliphatic heterocycles. The van der Waals surface area contributed by atoms with E-state index in [1.807, 2.05) is 42.5 Å². The second-order valence-electron chi connectivity index (χ2n) is 10.2. The quantitative estimate of drug-likeness (QED) is 0.129. The van der Waals surface area contributed by atoms with E-state index in [2.05, 4.69) is 55.1 Å². The molecular formula is C29H33N3O5Si. The van der Waals surface area contributed by atoms with Gasteiger partial charge in [0.1, 0.15) is 6.04 Å². The standard InChI is InChI=1S/C29H33N3O5Si/c1-29(2,3)38(22-16-10-6-11-17-22,23-18-12-7-13-19-23)35-20-24-25(31-32-30)26(28(34-4)36-24)37-27(33)21-14-8-5-9-15-21/h5-19,24-26,28H,20H2,1-4H3/t24-,25+,26+,28?/m1/s1. The number of azide groups is 1. The van der Waals surface area contributed by atoms with Gasteiger partial charge in [-0.3, -0.25) is 0 Å². The van der Waals surface area contributed by atoms with Gasteiger partial charge in [-0.15, -0.1) is 0 Å². The van der Waals surface area contributed by atoms with Gasteiger partial charge in [0.15, 0.2) is 12.4 Å². The molecule has 0 N–H and O–H groups in total. The lowest BCUT2D eigenvalue weighted by Crippen LogP contribution is -2.67. The van der Waals surface area contributed by atoms with Gasteiger partial charge in [0, 0.05) is 12.0 Å². The highest BCUT2D eigenvalue weighted by atomic mass is 28.4. The van der Waals surface area contributed by atoms with Crippen LogP contribution in [0.5, 0.6) is 0 Å².